The number of nitrogens with one attached hydrogen (secondary N) is 1. The molecular formula is C18H23NO3. The van der Waals surface area contributed by atoms with Crippen LogP contribution in [0.1, 0.15) is 67.4 Å². The average Bonchev–Trinajstić information content (AvgIpc) is 2.49. The smallest absolute Gasteiger partial charge is 0.230 e. The summed E-state index contributed by atoms with van der Waals surface area (Å²) in [6.45, 7) is 6.21. The fourth-order valence-corrected chi connectivity index (χ4v) is 2.79. The summed E-state index contributed by atoms with van der Waals surface area (Å²) in [5, 5.41) is 2.31. The molecular weight excluding hydrogens is 278 g/mol. The Bertz CT molecular complexity index is 604. The van der Waals surface area contributed by atoms with Gasteiger partial charge < -0.3 is 0 Å². The molecule has 0 spiro atoms. The second kappa shape index (κ2) is 6.86. The van der Waals surface area contributed by atoms with Crippen LogP contribution in [0.15, 0.2) is 18.2 Å². The van der Waals surface area contributed by atoms with Crippen molar-refractivity contribution < 1.29 is 14.4 Å². The lowest BCUT2D eigenvalue weighted by molar-refractivity contribution is -0.136. The number of imide groups is 1. The van der Waals surface area contributed by atoms with Crippen LogP contribution >= 0.6 is 0 Å². The van der Waals surface area contributed by atoms with E-state index in [1.807, 2.05) is 19.1 Å². The summed E-state index contributed by atoms with van der Waals surface area (Å²) in [6, 6.07) is 6.02. The number of carbonyl (C=O) groups excluding carboxylic acids is 3. The lowest BCUT2D eigenvalue weighted by Gasteiger charge is -2.20. The molecule has 0 aliphatic carbocycles. The quantitative estimate of drug-likeness (QED) is 0.671. The van der Waals surface area contributed by atoms with E-state index in [1.54, 1.807) is 0 Å². The molecule has 1 aromatic rings. The first-order valence-electron chi connectivity index (χ1n) is 7.92. The number of aryl methyl sites for hydroxylation is 1. The van der Waals surface area contributed by atoms with Gasteiger partial charge in [0.1, 0.15) is 0 Å². The predicted molar refractivity (Wildman–Crippen MR) is 84.7 cm³/mol. The first-order valence-corrected chi connectivity index (χ1v) is 7.92. The maximum Gasteiger partial charge on any atom is 0.230 e. The molecule has 1 aliphatic rings. The van der Waals surface area contributed by atoms with Gasteiger partial charge in [0.15, 0.2) is 5.78 Å². The summed E-state index contributed by atoms with van der Waals surface area (Å²) in [6.07, 6.45) is 1.74. The maximum absolute atomic E-state index is 12.6. The molecule has 1 heterocycles. The molecule has 1 saturated heterocycles. The van der Waals surface area contributed by atoms with E-state index in [0.717, 1.165) is 23.1 Å². The van der Waals surface area contributed by atoms with Gasteiger partial charge in [-0.25, -0.2) is 0 Å². The standard InChI is InChI=1S/C18H23NO3/c1-4-12-5-6-13(11(2)3)9-15(12)16(20)10-14-7-8-17(21)19-18(14)22/h5-6,9,11,14H,4,7-8,10H2,1-3H3,(H,19,21,22). The van der Waals surface area contributed by atoms with Crippen LogP contribution in [0.25, 0.3) is 0 Å². The minimum Gasteiger partial charge on any atom is -0.296 e. The van der Waals surface area contributed by atoms with Gasteiger partial charge in [0.25, 0.3) is 0 Å². The fraction of sp³-hybridized carbons (Fsp3) is 0.500. The van der Waals surface area contributed by atoms with Crippen molar-refractivity contribution in [1.82, 2.24) is 5.32 Å². The Morgan fingerprint density at radius 1 is 1.32 bits per heavy atom. The average molecular weight is 301 g/mol. The molecule has 2 rings (SSSR count). The molecule has 22 heavy (non-hydrogen) atoms. The van der Waals surface area contributed by atoms with E-state index < -0.39 is 5.92 Å². The van der Waals surface area contributed by atoms with Crippen molar-refractivity contribution in [3.8, 4) is 0 Å². The molecule has 1 aliphatic heterocycles. The Morgan fingerprint density at radius 3 is 2.64 bits per heavy atom. The van der Waals surface area contributed by atoms with Gasteiger partial charge in [0, 0.05) is 24.3 Å². The lowest BCUT2D eigenvalue weighted by Crippen LogP contribution is -2.41. The van der Waals surface area contributed by atoms with Gasteiger partial charge in [-0.2, -0.15) is 0 Å². The lowest BCUT2D eigenvalue weighted by atomic mass is 9.87. The van der Waals surface area contributed by atoms with Crippen LogP contribution in [0.4, 0.5) is 0 Å². The number of amides is 2. The molecule has 0 aromatic heterocycles. The maximum atomic E-state index is 12.6. The van der Waals surface area contributed by atoms with Gasteiger partial charge in [-0.05, 0) is 36.0 Å². The van der Waals surface area contributed by atoms with E-state index >= 15 is 0 Å². The van der Waals surface area contributed by atoms with Gasteiger partial charge in [-0.3, -0.25) is 19.7 Å². The Balaban J connectivity index is 2.19. The highest BCUT2D eigenvalue weighted by Gasteiger charge is 2.29. The molecule has 4 heteroatoms. The third-order valence-electron chi connectivity index (χ3n) is 4.27. The highest BCUT2D eigenvalue weighted by Crippen LogP contribution is 2.24. The molecule has 4 nitrogen and oxygen atoms in total. The molecule has 1 N–H and O–H groups in total. The number of carbonyl (C=O) groups is 3. The number of ketones is 1. The Morgan fingerprint density at radius 2 is 2.05 bits per heavy atom. The van der Waals surface area contributed by atoms with Crippen LogP contribution in [-0.2, 0) is 16.0 Å². The summed E-state index contributed by atoms with van der Waals surface area (Å²) < 4.78 is 0. The van der Waals surface area contributed by atoms with Gasteiger partial charge >= 0.3 is 0 Å². The van der Waals surface area contributed by atoms with Crippen LogP contribution in [0, 0.1) is 5.92 Å². The van der Waals surface area contributed by atoms with Crippen molar-refractivity contribution in [3.63, 3.8) is 0 Å². The fourth-order valence-electron chi connectivity index (χ4n) is 2.79. The topological polar surface area (TPSA) is 63.2 Å². The van der Waals surface area contributed by atoms with Gasteiger partial charge in [-0.15, -0.1) is 0 Å². The van der Waals surface area contributed by atoms with Crippen molar-refractivity contribution in [2.75, 3.05) is 0 Å². The second-order valence-electron chi connectivity index (χ2n) is 6.20. The number of rotatable bonds is 5. The summed E-state index contributed by atoms with van der Waals surface area (Å²) in [5.74, 6) is -0.605. The van der Waals surface area contributed by atoms with E-state index in [2.05, 4.69) is 25.2 Å². The minimum atomic E-state index is -0.391. The first-order chi connectivity index (χ1) is 10.4. The number of hydrogen-bond donors (Lipinski definition) is 1. The third kappa shape index (κ3) is 3.62. The van der Waals surface area contributed by atoms with E-state index in [4.69, 9.17) is 0 Å². The molecule has 118 valence electrons. The number of benzene rings is 1. The van der Waals surface area contributed by atoms with Crippen molar-refractivity contribution in [1.29, 1.82) is 0 Å². The van der Waals surface area contributed by atoms with Crippen molar-refractivity contribution >= 4 is 17.6 Å². The summed E-state index contributed by atoms with van der Waals surface area (Å²) in [7, 11) is 0. The van der Waals surface area contributed by atoms with Crippen molar-refractivity contribution in [2.24, 2.45) is 5.92 Å². The Hall–Kier alpha value is -1.97. The third-order valence-corrected chi connectivity index (χ3v) is 4.27. The molecule has 1 atom stereocenters. The number of Topliss-reactive ketones (excluding diaryl/α,β-unsaturated/α-hetero) is 1. The summed E-state index contributed by atoms with van der Waals surface area (Å²) in [4.78, 5) is 35.6. The molecule has 0 radical (unpaired) electrons. The zero-order valence-corrected chi connectivity index (χ0v) is 13.4. The summed E-state index contributed by atoms with van der Waals surface area (Å²) >= 11 is 0. The van der Waals surface area contributed by atoms with Gasteiger partial charge in [0.05, 0.1) is 0 Å². The van der Waals surface area contributed by atoms with Gasteiger partial charge in [-0.1, -0.05) is 32.9 Å². The normalized spacial score (nSPS) is 18.5. The van der Waals surface area contributed by atoms with Crippen molar-refractivity contribution in [3.05, 3.63) is 34.9 Å². The largest absolute Gasteiger partial charge is 0.296 e. The SMILES string of the molecule is CCc1ccc(C(C)C)cc1C(=O)CC1CCC(=O)NC1=O. The Labute approximate surface area is 131 Å². The van der Waals surface area contributed by atoms with Crippen LogP contribution in [0.3, 0.4) is 0 Å². The highest BCUT2D eigenvalue weighted by atomic mass is 16.2. The first kappa shape index (κ1) is 16.4. The zero-order chi connectivity index (χ0) is 16.3. The van der Waals surface area contributed by atoms with E-state index in [0.29, 0.717) is 18.8 Å². The molecule has 0 saturated carbocycles. The molecule has 2 amide bonds. The van der Waals surface area contributed by atoms with E-state index in [1.165, 1.54) is 0 Å². The molecule has 0 bridgehead atoms. The van der Waals surface area contributed by atoms with Crippen molar-refractivity contribution in [2.45, 2.75) is 52.4 Å². The Kier molecular flexibility index (Phi) is 5.11. The van der Waals surface area contributed by atoms with Crippen LogP contribution < -0.4 is 5.32 Å². The number of hydrogen-bond acceptors (Lipinski definition) is 3. The molecule has 1 unspecified atom stereocenters. The van der Waals surface area contributed by atoms with Crippen LogP contribution in [0.2, 0.25) is 0 Å². The monoisotopic (exact) mass is 301 g/mol. The zero-order valence-electron chi connectivity index (χ0n) is 13.4. The van der Waals surface area contributed by atoms with Crippen LogP contribution in [-0.4, -0.2) is 17.6 Å². The van der Waals surface area contributed by atoms with Crippen LogP contribution in [0.5, 0.6) is 0 Å². The predicted octanol–water partition coefficient (Wildman–Crippen LogP) is 3.00. The highest BCUT2D eigenvalue weighted by molar-refractivity contribution is 6.03. The minimum absolute atomic E-state index is 0.00570. The van der Waals surface area contributed by atoms with E-state index in [-0.39, 0.29) is 24.0 Å². The summed E-state index contributed by atoms with van der Waals surface area (Å²) in [5.41, 5.74) is 2.86. The second-order valence-corrected chi connectivity index (χ2v) is 6.20. The molecule has 1 aromatic carbocycles. The van der Waals surface area contributed by atoms with E-state index in [9.17, 15) is 14.4 Å². The molecule has 1 fully saturated rings. The van der Waals surface area contributed by atoms with Gasteiger partial charge in [0.2, 0.25) is 11.8 Å². The number of piperidine rings is 1.